The number of aryl methyl sites for hydroxylation is 1. The number of amides is 2. The van der Waals surface area contributed by atoms with Gasteiger partial charge in [-0.2, -0.15) is 10.1 Å². The molecule has 1 aliphatic heterocycles. The molecule has 0 saturated carbocycles. The maximum Gasteiger partial charge on any atom is 0.262 e. The summed E-state index contributed by atoms with van der Waals surface area (Å²) in [5.74, 6) is 0.714. The summed E-state index contributed by atoms with van der Waals surface area (Å²) in [5, 5.41) is 8.17. The van der Waals surface area contributed by atoms with Crippen LogP contribution in [0.1, 0.15) is 18.1 Å². The van der Waals surface area contributed by atoms with E-state index in [0.717, 1.165) is 5.56 Å². The van der Waals surface area contributed by atoms with Crippen LogP contribution in [0.4, 0.5) is 5.69 Å². The van der Waals surface area contributed by atoms with Crippen LogP contribution >= 0.6 is 39.9 Å². The summed E-state index contributed by atoms with van der Waals surface area (Å²) in [4.78, 5) is 24.1. The van der Waals surface area contributed by atoms with Gasteiger partial charge in [0.15, 0.2) is 22.4 Å². The van der Waals surface area contributed by atoms with Gasteiger partial charge in [0, 0.05) is 15.7 Å². The lowest BCUT2D eigenvalue weighted by Gasteiger charge is -2.14. The summed E-state index contributed by atoms with van der Waals surface area (Å²) < 4.78 is 12.4. The fourth-order valence-electron chi connectivity index (χ4n) is 2.59. The number of benzene rings is 2. The van der Waals surface area contributed by atoms with Crippen molar-refractivity contribution in [1.29, 1.82) is 0 Å². The number of carbonyl (C=O) groups excluding carboxylic acids is 2. The predicted octanol–water partition coefficient (Wildman–Crippen LogP) is 4.37. The number of nitrogens with zero attached hydrogens (tertiary/aromatic N) is 2. The molecule has 10 heteroatoms. The molecule has 0 bridgehead atoms. The molecule has 0 unspecified atom stereocenters. The molecule has 31 heavy (non-hydrogen) atoms. The maximum atomic E-state index is 12.2. The Balaban J connectivity index is 1.70. The number of hydrogen-bond acceptors (Lipinski definition) is 7. The van der Waals surface area contributed by atoms with Gasteiger partial charge in [-0.05, 0) is 54.0 Å². The van der Waals surface area contributed by atoms with Crippen molar-refractivity contribution in [3.8, 4) is 11.5 Å². The Morgan fingerprint density at radius 1 is 1.29 bits per heavy atom. The Bertz CT molecular complexity index is 1010. The number of ether oxygens (including phenoxy) is 2. The molecule has 1 heterocycles. The highest BCUT2D eigenvalue weighted by molar-refractivity contribution is 9.10. The molecule has 1 fully saturated rings. The highest BCUT2D eigenvalue weighted by atomic mass is 79.9. The molecular formula is C21H20BrN3O4S2. The Labute approximate surface area is 198 Å². The second kappa shape index (κ2) is 10.7. The molecule has 1 N–H and O–H groups in total. The lowest BCUT2D eigenvalue weighted by atomic mass is 10.2. The fraction of sp³-hybridized carbons (Fsp3) is 0.238. The first-order valence-corrected chi connectivity index (χ1v) is 11.6. The molecule has 0 spiro atoms. The number of rotatable bonds is 8. The molecule has 1 saturated heterocycles. The summed E-state index contributed by atoms with van der Waals surface area (Å²) in [6.45, 7) is 4.06. The van der Waals surface area contributed by atoms with Crippen molar-refractivity contribution >= 4 is 67.9 Å². The van der Waals surface area contributed by atoms with Crippen LogP contribution in [0.25, 0.3) is 0 Å². The first-order valence-electron chi connectivity index (χ1n) is 9.36. The van der Waals surface area contributed by atoms with Crippen LogP contribution in [-0.2, 0) is 9.59 Å². The maximum absolute atomic E-state index is 12.2. The van der Waals surface area contributed by atoms with Gasteiger partial charge in [0.25, 0.3) is 11.8 Å². The van der Waals surface area contributed by atoms with Crippen molar-refractivity contribution in [3.05, 3.63) is 52.0 Å². The molecular weight excluding hydrogens is 502 g/mol. The quantitative estimate of drug-likeness (QED) is 0.410. The van der Waals surface area contributed by atoms with Crippen LogP contribution in [0, 0.1) is 6.92 Å². The number of carbonyl (C=O) groups is 2. The standard InChI is InChI=1S/C21H20BrN3O4S2/c1-3-28-17-8-14(10-23-25-20(27)12-31-21(25)30)16(22)9-18(17)29-11-19(26)24-15-6-4-13(2)5-7-15/h4-10H,3,11-12H2,1-2H3,(H,24,26)/b23-10-. The van der Waals surface area contributed by atoms with E-state index in [2.05, 4.69) is 26.3 Å². The monoisotopic (exact) mass is 521 g/mol. The third-order valence-corrected chi connectivity index (χ3v) is 6.12. The molecule has 2 aromatic carbocycles. The van der Waals surface area contributed by atoms with E-state index in [-0.39, 0.29) is 18.4 Å². The summed E-state index contributed by atoms with van der Waals surface area (Å²) >= 11 is 9.87. The smallest absolute Gasteiger partial charge is 0.262 e. The van der Waals surface area contributed by atoms with Crippen molar-refractivity contribution in [2.75, 3.05) is 24.3 Å². The third-order valence-electron chi connectivity index (χ3n) is 4.10. The molecule has 2 aromatic rings. The minimum atomic E-state index is -0.286. The van der Waals surface area contributed by atoms with E-state index in [9.17, 15) is 9.59 Å². The Morgan fingerprint density at radius 3 is 2.65 bits per heavy atom. The van der Waals surface area contributed by atoms with E-state index in [4.69, 9.17) is 21.7 Å². The Morgan fingerprint density at radius 2 is 2.00 bits per heavy atom. The average molecular weight is 522 g/mol. The van der Waals surface area contributed by atoms with Gasteiger partial charge in [-0.3, -0.25) is 9.59 Å². The first-order chi connectivity index (χ1) is 14.9. The van der Waals surface area contributed by atoms with Crippen molar-refractivity contribution < 1.29 is 19.1 Å². The van der Waals surface area contributed by atoms with Crippen LogP contribution in [0.3, 0.4) is 0 Å². The molecule has 7 nitrogen and oxygen atoms in total. The van der Waals surface area contributed by atoms with Crippen LogP contribution in [0.5, 0.6) is 11.5 Å². The normalized spacial score (nSPS) is 13.7. The van der Waals surface area contributed by atoms with E-state index in [1.807, 2.05) is 38.1 Å². The van der Waals surface area contributed by atoms with E-state index in [1.165, 1.54) is 23.0 Å². The molecule has 0 aromatic heterocycles. The minimum Gasteiger partial charge on any atom is -0.490 e. The van der Waals surface area contributed by atoms with Crippen molar-refractivity contribution in [2.24, 2.45) is 5.10 Å². The van der Waals surface area contributed by atoms with Crippen LogP contribution in [0.15, 0.2) is 46.0 Å². The van der Waals surface area contributed by atoms with Crippen LogP contribution in [0.2, 0.25) is 0 Å². The summed E-state index contributed by atoms with van der Waals surface area (Å²) in [6.07, 6.45) is 1.52. The van der Waals surface area contributed by atoms with Gasteiger partial charge in [0.2, 0.25) is 0 Å². The Hall–Kier alpha value is -2.43. The van der Waals surface area contributed by atoms with Gasteiger partial charge in [-0.25, -0.2) is 0 Å². The lowest BCUT2D eigenvalue weighted by molar-refractivity contribution is -0.124. The second-order valence-electron chi connectivity index (χ2n) is 6.46. The fourth-order valence-corrected chi connectivity index (χ4v) is 3.98. The molecule has 162 valence electrons. The summed E-state index contributed by atoms with van der Waals surface area (Å²) in [5.41, 5.74) is 2.48. The molecule has 3 rings (SSSR count). The number of anilines is 1. The minimum absolute atomic E-state index is 0.160. The summed E-state index contributed by atoms with van der Waals surface area (Å²) in [7, 11) is 0. The summed E-state index contributed by atoms with van der Waals surface area (Å²) in [6, 6.07) is 10.9. The van der Waals surface area contributed by atoms with Gasteiger partial charge in [-0.1, -0.05) is 41.7 Å². The molecule has 0 atom stereocenters. The zero-order valence-corrected chi connectivity index (χ0v) is 20.1. The highest BCUT2D eigenvalue weighted by Crippen LogP contribution is 2.33. The van der Waals surface area contributed by atoms with Crippen LogP contribution < -0.4 is 14.8 Å². The van der Waals surface area contributed by atoms with E-state index in [1.54, 1.807) is 12.1 Å². The molecule has 1 aliphatic rings. The van der Waals surface area contributed by atoms with Gasteiger partial charge >= 0.3 is 0 Å². The highest BCUT2D eigenvalue weighted by Gasteiger charge is 2.26. The number of thioether (sulfide) groups is 1. The van der Waals surface area contributed by atoms with Crippen molar-refractivity contribution in [3.63, 3.8) is 0 Å². The van der Waals surface area contributed by atoms with Gasteiger partial charge in [-0.15, -0.1) is 0 Å². The van der Waals surface area contributed by atoms with Gasteiger partial charge in [0.05, 0.1) is 18.6 Å². The number of hydrogen-bond donors (Lipinski definition) is 1. The first kappa shape index (κ1) is 23.2. The zero-order valence-electron chi connectivity index (χ0n) is 16.9. The predicted molar refractivity (Wildman–Crippen MR) is 130 cm³/mol. The zero-order chi connectivity index (χ0) is 22.4. The topological polar surface area (TPSA) is 80.2 Å². The average Bonchev–Trinajstić information content (AvgIpc) is 3.06. The van der Waals surface area contributed by atoms with Gasteiger partial charge < -0.3 is 14.8 Å². The SMILES string of the molecule is CCOc1cc(/C=N\N2C(=O)CSC2=S)c(Br)cc1OCC(=O)Nc1ccc(C)cc1. The number of halogens is 1. The van der Waals surface area contributed by atoms with E-state index in [0.29, 0.717) is 43.9 Å². The second-order valence-corrected chi connectivity index (χ2v) is 8.92. The van der Waals surface area contributed by atoms with Gasteiger partial charge in [0.1, 0.15) is 0 Å². The molecule has 0 aliphatic carbocycles. The lowest BCUT2D eigenvalue weighted by Crippen LogP contribution is -2.22. The van der Waals surface area contributed by atoms with Crippen LogP contribution in [-0.4, -0.2) is 46.3 Å². The number of hydrazone groups is 1. The Kier molecular flexibility index (Phi) is 8.05. The van der Waals surface area contributed by atoms with E-state index >= 15 is 0 Å². The largest absolute Gasteiger partial charge is 0.490 e. The number of thiocarbonyl (C=S) groups is 1. The number of nitrogens with one attached hydrogen (secondary N) is 1. The molecule has 2 amide bonds. The van der Waals surface area contributed by atoms with Crippen molar-refractivity contribution in [1.82, 2.24) is 5.01 Å². The third kappa shape index (κ3) is 6.28. The van der Waals surface area contributed by atoms with Crippen molar-refractivity contribution in [2.45, 2.75) is 13.8 Å². The van der Waals surface area contributed by atoms with E-state index < -0.39 is 0 Å². The molecule has 0 radical (unpaired) electrons.